The van der Waals surface area contributed by atoms with Crippen LogP contribution in [0.25, 0.3) is 0 Å². The summed E-state index contributed by atoms with van der Waals surface area (Å²) in [6, 6.07) is 3.63. The Morgan fingerprint density at radius 1 is 1.48 bits per heavy atom. The molecule has 0 radical (unpaired) electrons. The number of likely N-dealkylation sites (N-methyl/N-ethyl adjacent to an activating group) is 1. The number of ether oxygens (including phenoxy) is 1. The van der Waals surface area contributed by atoms with Crippen LogP contribution in [0.15, 0.2) is 21.5 Å². The second kappa shape index (κ2) is 6.75. The predicted octanol–water partition coefficient (Wildman–Crippen LogP) is 1.89. The zero-order valence-electron chi connectivity index (χ0n) is 12.5. The van der Waals surface area contributed by atoms with Crippen molar-refractivity contribution >= 4 is 26.0 Å². The van der Waals surface area contributed by atoms with Crippen LogP contribution in [0.2, 0.25) is 0 Å². The van der Waals surface area contributed by atoms with Crippen molar-refractivity contribution in [3.8, 4) is 0 Å². The van der Waals surface area contributed by atoms with Gasteiger partial charge < -0.3 is 10.1 Å². The Morgan fingerprint density at radius 3 is 2.76 bits per heavy atom. The Labute approximate surface area is 134 Å². The summed E-state index contributed by atoms with van der Waals surface area (Å²) in [5.41, 5.74) is 1.87. The molecule has 0 aromatic heterocycles. The van der Waals surface area contributed by atoms with Gasteiger partial charge >= 0.3 is 0 Å². The number of rotatable bonds is 5. The van der Waals surface area contributed by atoms with E-state index >= 15 is 0 Å². The summed E-state index contributed by atoms with van der Waals surface area (Å²) in [6.07, 6.45) is 0.739. The average molecular weight is 377 g/mol. The number of hydrogen-bond acceptors (Lipinski definition) is 4. The largest absolute Gasteiger partial charge is 0.380 e. The summed E-state index contributed by atoms with van der Waals surface area (Å²) in [5.74, 6) is 0. The van der Waals surface area contributed by atoms with E-state index in [1.54, 1.807) is 13.1 Å². The molecule has 0 aliphatic carbocycles. The molecule has 1 aromatic carbocycles. The van der Waals surface area contributed by atoms with E-state index in [0.29, 0.717) is 29.1 Å². The lowest BCUT2D eigenvalue weighted by Crippen LogP contribution is -2.37. The van der Waals surface area contributed by atoms with Crippen molar-refractivity contribution in [2.24, 2.45) is 0 Å². The highest BCUT2D eigenvalue weighted by Gasteiger charge is 2.32. The van der Waals surface area contributed by atoms with Crippen LogP contribution in [-0.2, 0) is 21.3 Å². The van der Waals surface area contributed by atoms with Gasteiger partial charge in [0, 0.05) is 24.7 Å². The SMILES string of the molecule is CNCc1cc(C)c(Br)c(S(=O)(=O)N(C)C2CCOC2)c1. The lowest BCUT2D eigenvalue weighted by molar-refractivity contribution is 0.181. The molecule has 2 rings (SSSR count). The first-order valence-corrected chi connectivity index (χ1v) is 9.10. The van der Waals surface area contributed by atoms with E-state index in [-0.39, 0.29) is 6.04 Å². The maximum atomic E-state index is 12.9. The number of aryl methyl sites for hydroxylation is 1. The zero-order valence-corrected chi connectivity index (χ0v) is 14.9. The van der Waals surface area contributed by atoms with E-state index in [9.17, 15) is 8.42 Å². The van der Waals surface area contributed by atoms with E-state index in [1.807, 2.05) is 20.0 Å². The standard InChI is InChI=1S/C14H21BrN2O3S/c1-10-6-11(8-16-2)7-13(14(10)15)21(18,19)17(3)12-4-5-20-9-12/h6-7,12,16H,4-5,8-9H2,1-3H3. The first-order chi connectivity index (χ1) is 9.87. The van der Waals surface area contributed by atoms with Gasteiger partial charge in [0.05, 0.1) is 17.5 Å². The highest BCUT2D eigenvalue weighted by molar-refractivity contribution is 9.10. The van der Waals surface area contributed by atoms with Crippen molar-refractivity contribution in [1.29, 1.82) is 0 Å². The molecule has 1 aliphatic rings. The molecule has 1 N–H and O–H groups in total. The number of hydrogen-bond donors (Lipinski definition) is 1. The number of halogens is 1. The number of sulfonamides is 1. The Balaban J connectivity index is 2.43. The highest BCUT2D eigenvalue weighted by atomic mass is 79.9. The molecule has 1 fully saturated rings. The van der Waals surface area contributed by atoms with Gasteiger partial charge in [0.15, 0.2) is 0 Å². The minimum Gasteiger partial charge on any atom is -0.380 e. The Morgan fingerprint density at radius 2 is 2.19 bits per heavy atom. The zero-order chi connectivity index (χ0) is 15.6. The molecule has 1 aromatic rings. The van der Waals surface area contributed by atoms with Gasteiger partial charge in [0.2, 0.25) is 10.0 Å². The van der Waals surface area contributed by atoms with E-state index < -0.39 is 10.0 Å². The van der Waals surface area contributed by atoms with E-state index in [1.165, 1.54) is 4.31 Å². The fourth-order valence-electron chi connectivity index (χ4n) is 2.46. The third kappa shape index (κ3) is 3.48. The molecular formula is C14H21BrN2O3S. The predicted molar refractivity (Wildman–Crippen MR) is 85.8 cm³/mol. The molecule has 1 aliphatic heterocycles. The molecule has 0 spiro atoms. The number of benzene rings is 1. The Kier molecular flexibility index (Phi) is 5.43. The molecule has 0 saturated carbocycles. The Bertz CT molecular complexity index is 613. The molecule has 0 amide bonds. The van der Waals surface area contributed by atoms with E-state index in [4.69, 9.17) is 4.74 Å². The maximum absolute atomic E-state index is 12.9. The van der Waals surface area contributed by atoms with Crippen LogP contribution in [-0.4, -0.2) is 46.1 Å². The van der Waals surface area contributed by atoms with Crippen LogP contribution in [0.5, 0.6) is 0 Å². The maximum Gasteiger partial charge on any atom is 0.244 e. The van der Waals surface area contributed by atoms with Crippen LogP contribution >= 0.6 is 15.9 Å². The molecular weight excluding hydrogens is 356 g/mol. The second-order valence-electron chi connectivity index (χ2n) is 5.29. The first kappa shape index (κ1) is 16.9. The van der Waals surface area contributed by atoms with Gasteiger partial charge in [-0.15, -0.1) is 0 Å². The summed E-state index contributed by atoms with van der Waals surface area (Å²) in [4.78, 5) is 0.321. The third-order valence-electron chi connectivity index (χ3n) is 3.74. The summed E-state index contributed by atoms with van der Waals surface area (Å²) in [6.45, 7) is 3.61. The molecule has 1 saturated heterocycles. The third-order valence-corrected chi connectivity index (χ3v) is 6.99. The molecule has 1 unspecified atom stereocenters. The summed E-state index contributed by atoms with van der Waals surface area (Å²) < 4.78 is 33.1. The quantitative estimate of drug-likeness (QED) is 0.852. The summed E-state index contributed by atoms with van der Waals surface area (Å²) >= 11 is 3.42. The molecule has 0 bridgehead atoms. The Hall–Kier alpha value is -0.470. The number of nitrogens with one attached hydrogen (secondary N) is 1. The minimum atomic E-state index is -3.54. The van der Waals surface area contributed by atoms with E-state index in [2.05, 4.69) is 21.2 Å². The second-order valence-corrected chi connectivity index (χ2v) is 8.05. The molecule has 21 heavy (non-hydrogen) atoms. The van der Waals surface area contributed by atoms with Gasteiger partial charge in [0.25, 0.3) is 0 Å². The summed E-state index contributed by atoms with van der Waals surface area (Å²) in [7, 11) is -0.0707. The van der Waals surface area contributed by atoms with Gasteiger partial charge in [-0.05, 0) is 53.5 Å². The minimum absolute atomic E-state index is 0.0878. The van der Waals surface area contributed by atoms with Crippen LogP contribution in [0.1, 0.15) is 17.5 Å². The molecule has 1 heterocycles. The fraction of sp³-hybridized carbons (Fsp3) is 0.571. The van der Waals surface area contributed by atoms with Crippen molar-refractivity contribution in [3.05, 3.63) is 27.7 Å². The van der Waals surface area contributed by atoms with E-state index in [0.717, 1.165) is 17.5 Å². The highest BCUT2D eigenvalue weighted by Crippen LogP contribution is 2.31. The molecule has 118 valence electrons. The van der Waals surface area contributed by atoms with Crippen molar-refractivity contribution in [2.45, 2.75) is 30.8 Å². The van der Waals surface area contributed by atoms with Gasteiger partial charge in [-0.2, -0.15) is 4.31 Å². The normalized spacial score (nSPS) is 19.4. The van der Waals surface area contributed by atoms with Crippen LogP contribution in [0.3, 0.4) is 0 Å². The van der Waals surface area contributed by atoms with Gasteiger partial charge in [-0.1, -0.05) is 6.07 Å². The molecule has 1 atom stereocenters. The number of nitrogens with zero attached hydrogens (tertiary/aromatic N) is 1. The lowest BCUT2D eigenvalue weighted by Gasteiger charge is -2.24. The topological polar surface area (TPSA) is 58.6 Å². The van der Waals surface area contributed by atoms with Crippen LogP contribution < -0.4 is 5.32 Å². The van der Waals surface area contributed by atoms with Crippen molar-refractivity contribution in [2.75, 3.05) is 27.3 Å². The summed E-state index contributed by atoms with van der Waals surface area (Å²) in [5, 5.41) is 3.05. The van der Waals surface area contributed by atoms with Crippen LogP contribution in [0.4, 0.5) is 0 Å². The average Bonchev–Trinajstić information content (AvgIpc) is 2.95. The molecule has 5 nitrogen and oxygen atoms in total. The van der Waals surface area contributed by atoms with Crippen LogP contribution in [0, 0.1) is 6.92 Å². The first-order valence-electron chi connectivity index (χ1n) is 6.87. The van der Waals surface area contributed by atoms with Crippen molar-refractivity contribution in [1.82, 2.24) is 9.62 Å². The van der Waals surface area contributed by atoms with Crippen molar-refractivity contribution < 1.29 is 13.2 Å². The smallest absolute Gasteiger partial charge is 0.244 e. The van der Waals surface area contributed by atoms with Gasteiger partial charge in [-0.3, -0.25) is 0 Å². The fourth-order valence-corrected chi connectivity index (χ4v) is 4.86. The monoisotopic (exact) mass is 376 g/mol. The lowest BCUT2D eigenvalue weighted by atomic mass is 10.1. The van der Waals surface area contributed by atoms with Gasteiger partial charge in [0.1, 0.15) is 0 Å². The van der Waals surface area contributed by atoms with Gasteiger partial charge in [-0.25, -0.2) is 8.42 Å². The molecule has 7 heteroatoms. The van der Waals surface area contributed by atoms with Crippen molar-refractivity contribution in [3.63, 3.8) is 0 Å².